The van der Waals surface area contributed by atoms with Crippen LogP contribution < -0.4 is 5.32 Å². The second-order valence-electron chi connectivity index (χ2n) is 7.01. The highest BCUT2D eigenvalue weighted by Gasteiger charge is 2.19. The minimum Gasteiger partial charge on any atom is -0.311 e. The average Bonchev–Trinajstić information content (AvgIpc) is 2.41. The van der Waals surface area contributed by atoms with Crippen LogP contribution in [0.5, 0.6) is 0 Å². The first-order chi connectivity index (χ1) is 9.53. The summed E-state index contributed by atoms with van der Waals surface area (Å²) in [5.41, 5.74) is 1.65. The van der Waals surface area contributed by atoms with Gasteiger partial charge in [-0.15, -0.1) is 0 Å². The van der Waals surface area contributed by atoms with Crippen molar-refractivity contribution in [3.63, 3.8) is 0 Å². The minimum atomic E-state index is 0.235. The zero-order valence-corrected chi connectivity index (χ0v) is 13.2. The quantitative estimate of drug-likeness (QED) is 0.886. The SMILES string of the molecule is CC(C)(C)NCCN1CCC(Cc2cc#ccc2)CC1. The van der Waals surface area contributed by atoms with Gasteiger partial charge >= 0.3 is 0 Å². The van der Waals surface area contributed by atoms with Crippen LogP contribution in [0.4, 0.5) is 0 Å². The lowest BCUT2D eigenvalue weighted by atomic mass is 9.90. The molecular formula is C18H28N2. The summed E-state index contributed by atoms with van der Waals surface area (Å²) in [4.78, 5) is 2.60. The van der Waals surface area contributed by atoms with Crippen LogP contribution in [0, 0.1) is 18.1 Å². The first kappa shape index (κ1) is 15.4. The van der Waals surface area contributed by atoms with Crippen molar-refractivity contribution in [3.8, 4) is 0 Å². The van der Waals surface area contributed by atoms with Crippen molar-refractivity contribution in [3.05, 3.63) is 35.9 Å². The molecule has 2 heteroatoms. The van der Waals surface area contributed by atoms with E-state index in [9.17, 15) is 0 Å². The summed E-state index contributed by atoms with van der Waals surface area (Å²) >= 11 is 0. The Bertz CT molecular complexity index is 372. The zero-order chi connectivity index (χ0) is 14.4. The lowest BCUT2D eigenvalue weighted by molar-refractivity contribution is 0.180. The fourth-order valence-electron chi connectivity index (χ4n) is 2.84. The number of hydrogen-bond acceptors (Lipinski definition) is 2. The Morgan fingerprint density at radius 2 is 2.00 bits per heavy atom. The predicted octanol–water partition coefficient (Wildman–Crippen LogP) is 2.93. The van der Waals surface area contributed by atoms with Gasteiger partial charge in [0.05, 0.1) is 0 Å². The largest absolute Gasteiger partial charge is 0.311 e. The number of likely N-dealkylation sites (tertiary alicyclic amines) is 1. The van der Waals surface area contributed by atoms with Crippen molar-refractivity contribution in [1.82, 2.24) is 10.2 Å². The second kappa shape index (κ2) is 7.11. The van der Waals surface area contributed by atoms with E-state index in [1.807, 2.05) is 6.07 Å². The minimum absolute atomic E-state index is 0.235. The fourth-order valence-corrected chi connectivity index (χ4v) is 2.84. The maximum absolute atomic E-state index is 3.57. The van der Waals surface area contributed by atoms with Gasteiger partial charge in [0.2, 0.25) is 0 Å². The van der Waals surface area contributed by atoms with E-state index in [0.717, 1.165) is 12.5 Å². The average molecular weight is 272 g/mol. The molecule has 1 saturated heterocycles. The van der Waals surface area contributed by atoms with Gasteiger partial charge < -0.3 is 10.2 Å². The molecule has 1 fully saturated rings. The second-order valence-corrected chi connectivity index (χ2v) is 7.01. The molecule has 1 aliphatic rings. The molecule has 0 aromatic heterocycles. The molecule has 0 unspecified atom stereocenters. The van der Waals surface area contributed by atoms with Crippen molar-refractivity contribution in [1.29, 1.82) is 0 Å². The molecule has 110 valence electrons. The molecule has 0 aliphatic carbocycles. The number of nitrogens with one attached hydrogen (secondary N) is 1. The smallest absolute Gasteiger partial charge is 0.0107 e. The third kappa shape index (κ3) is 5.53. The van der Waals surface area contributed by atoms with E-state index < -0.39 is 0 Å². The van der Waals surface area contributed by atoms with Crippen LogP contribution in [-0.2, 0) is 6.42 Å². The third-order valence-corrected chi connectivity index (χ3v) is 4.04. The lowest BCUT2D eigenvalue weighted by Crippen LogP contribution is -2.43. The normalized spacial score (nSPS) is 17.9. The van der Waals surface area contributed by atoms with Crippen LogP contribution in [-0.4, -0.2) is 36.6 Å². The van der Waals surface area contributed by atoms with E-state index in [1.54, 1.807) is 0 Å². The van der Waals surface area contributed by atoms with Crippen LogP contribution >= 0.6 is 0 Å². The van der Waals surface area contributed by atoms with Crippen molar-refractivity contribution in [2.75, 3.05) is 26.2 Å². The number of piperidine rings is 1. The maximum Gasteiger partial charge on any atom is 0.0107 e. The summed E-state index contributed by atoms with van der Waals surface area (Å²) in [6.07, 6.45) is 3.86. The third-order valence-electron chi connectivity index (χ3n) is 4.04. The molecule has 1 heterocycles. The van der Waals surface area contributed by atoms with Gasteiger partial charge in [0, 0.05) is 18.6 Å². The molecule has 0 radical (unpaired) electrons. The Balaban J connectivity index is 1.65. The molecule has 0 atom stereocenters. The fraction of sp³-hybridized carbons (Fsp3) is 0.667. The van der Waals surface area contributed by atoms with Gasteiger partial charge in [-0.2, -0.15) is 0 Å². The standard InChI is InChI=1S/C18H28N2/c1-18(2,3)19-11-14-20-12-9-17(10-13-20)15-16-7-5-4-6-8-16/h5,7-8,17,19H,9-15H2,1-3H3. The van der Waals surface area contributed by atoms with Crippen LogP contribution in [0.25, 0.3) is 0 Å². The van der Waals surface area contributed by atoms with Gasteiger partial charge in [0.1, 0.15) is 0 Å². The highest BCUT2D eigenvalue weighted by molar-refractivity contribution is 5.10. The number of rotatable bonds is 5. The van der Waals surface area contributed by atoms with Crippen LogP contribution in [0.2, 0.25) is 0 Å². The van der Waals surface area contributed by atoms with Gasteiger partial charge in [-0.3, -0.25) is 0 Å². The van der Waals surface area contributed by atoms with Gasteiger partial charge in [0.15, 0.2) is 0 Å². The molecule has 1 N–H and O–H groups in total. The highest BCUT2D eigenvalue weighted by atomic mass is 15.1. The lowest BCUT2D eigenvalue weighted by Gasteiger charge is -2.33. The van der Waals surface area contributed by atoms with Crippen molar-refractivity contribution < 1.29 is 0 Å². The maximum atomic E-state index is 3.57. The molecule has 2 rings (SSSR count). The van der Waals surface area contributed by atoms with Gasteiger partial charge in [0.25, 0.3) is 0 Å². The Morgan fingerprint density at radius 3 is 2.60 bits per heavy atom. The molecule has 1 aromatic carbocycles. The molecule has 0 spiro atoms. The summed E-state index contributed by atoms with van der Waals surface area (Å²) in [7, 11) is 0. The van der Waals surface area contributed by atoms with E-state index in [1.165, 1.54) is 44.5 Å². The number of hydrogen-bond donors (Lipinski definition) is 1. The molecule has 0 saturated carbocycles. The van der Waals surface area contributed by atoms with E-state index in [0.29, 0.717) is 0 Å². The Morgan fingerprint density at radius 1 is 1.25 bits per heavy atom. The molecule has 2 nitrogen and oxygen atoms in total. The van der Waals surface area contributed by atoms with Gasteiger partial charge in [-0.25, -0.2) is 0 Å². The van der Waals surface area contributed by atoms with Crippen molar-refractivity contribution in [2.24, 2.45) is 5.92 Å². The Hall–Kier alpha value is -1.04. The Labute approximate surface area is 124 Å². The van der Waals surface area contributed by atoms with Crippen molar-refractivity contribution in [2.45, 2.75) is 45.6 Å². The molecule has 0 amide bonds. The predicted molar refractivity (Wildman–Crippen MR) is 84.7 cm³/mol. The van der Waals surface area contributed by atoms with E-state index in [-0.39, 0.29) is 5.54 Å². The summed E-state index contributed by atoms with van der Waals surface area (Å²) in [6.45, 7) is 11.5. The monoisotopic (exact) mass is 272 g/mol. The highest BCUT2D eigenvalue weighted by Crippen LogP contribution is 2.21. The first-order valence-corrected chi connectivity index (χ1v) is 7.87. The summed E-state index contributed by atoms with van der Waals surface area (Å²) < 4.78 is 0. The van der Waals surface area contributed by atoms with Crippen molar-refractivity contribution >= 4 is 0 Å². The molecular weight excluding hydrogens is 244 g/mol. The topological polar surface area (TPSA) is 15.3 Å². The van der Waals surface area contributed by atoms with Crippen LogP contribution in [0.15, 0.2) is 18.2 Å². The summed E-state index contributed by atoms with van der Waals surface area (Å²) in [6, 6.07) is 12.3. The van der Waals surface area contributed by atoms with E-state index in [2.05, 4.69) is 55.3 Å². The molecule has 1 aliphatic heterocycles. The molecule has 1 aromatic rings. The Kier molecular flexibility index (Phi) is 5.46. The van der Waals surface area contributed by atoms with Gasteiger partial charge in [-0.05, 0) is 82.8 Å². The van der Waals surface area contributed by atoms with Crippen LogP contribution in [0.1, 0.15) is 39.2 Å². The summed E-state index contributed by atoms with van der Waals surface area (Å²) in [5, 5.41) is 3.57. The molecule has 20 heavy (non-hydrogen) atoms. The number of nitrogens with zero attached hydrogens (tertiary/aromatic N) is 1. The zero-order valence-electron chi connectivity index (χ0n) is 13.2. The van der Waals surface area contributed by atoms with E-state index >= 15 is 0 Å². The summed E-state index contributed by atoms with van der Waals surface area (Å²) in [5.74, 6) is 0.845. The first-order valence-electron chi connectivity index (χ1n) is 7.87. The van der Waals surface area contributed by atoms with E-state index in [4.69, 9.17) is 0 Å². The van der Waals surface area contributed by atoms with Gasteiger partial charge in [-0.1, -0.05) is 12.1 Å². The van der Waals surface area contributed by atoms with Crippen LogP contribution in [0.3, 0.4) is 0 Å². The molecule has 0 bridgehead atoms.